The minimum Gasteiger partial charge on any atom is -0.410 e. The van der Waals surface area contributed by atoms with Crippen LogP contribution in [0.2, 0.25) is 0 Å². The molecule has 4 aromatic rings. The van der Waals surface area contributed by atoms with Gasteiger partial charge in [0.05, 0.1) is 5.82 Å². The number of aromatic amines is 1. The third kappa shape index (κ3) is 1.84. The van der Waals surface area contributed by atoms with E-state index in [4.69, 9.17) is 4.74 Å². The predicted octanol–water partition coefficient (Wildman–Crippen LogP) is -1.77. The SMILES string of the molecule is n1n[n-]c(-c2nonc2Oc2nonc2-c2nn[nH]n2)n1. The van der Waals surface area contributed by atoms with Gasteiger partial charge >= 0.3 is 0 Å². The fraction of sp³-hybridized carbons (Fsp3) is 0. The molecule has 15 nitrogen and oxygen atoms in total. The molecule has 0 aliphatic rings. The largest absolute Gasteiger partial charge is 0.410 e. The predicted molar refractivity (Wildman–Crippen MR) is 54.0 cm³/mol. The van der Waals surface area contributed by atoms with Gasteiger partial charge in [-0.1, -0.05) is 0 Å². The molecule has 0 saturated carbocycles. The molecule has 1 N–H and O–H groups in total. The fourth-order valence-corrected chi connectivity index (χ4v) is 1.36. The van der Waals surface area contributed by atoms with Crippen LogP contribution in [-0.2, 0) is 0 Å². The van der Waals surface area contributed by atoms with Crippen molar-refractivity contribution in [2.75, 3.05) is 0 Å². The molecule has 0 saturated heterocycles. The van der Waals surface area contributed by atoms with Gasteiger partial charge < -0.3 is 9.84 Å². The Bertz CT molecular complexity index is 760. The van der Waals surface area contributed by atoms with E-state index >= 15 is 0 Å². The van der Waals surface area contributed by atoms with E-state index in [2.05, 4.69) is 71.1 Å². The molecule has 0 fully saturated rings. The second kappa shape index (κ2) is 4.40. The molecule has 4 aromatic heterocycles. The van der Waals surface area contributed by atoms with Gasteiger partial charge in [-0.15, -0.1) is 10.2 Å². The van der Waals surface area contributed by atoms with E-state index in [0.29, 0.717) is 0 Å². The summed E-state index contributed by atoms with van der Waals surface area (Å²) < 4.78 is 14.5. The summed E-state index contributed by atoms with van der Waals surface area (Å²) in [7, 11) is 0. The van der Waals surface area contributed by atoms with Crippen LogP contribution in [0.15, 0.2) is 9.26 Å². The van der Waals surface area contributed by atoms with Crippen LogP contribution < -0.4 is 9.84 Å². The van der Waals surface area contributed by atoms with Crippen LogP contribution in [0.5, 0.6) is 11.8 Å². The second-order valence-electron chi connectivity index (χ2n) is 3.38. The number of rotatable bonds is 4. The van der Waals surface area contributed by atoms with Gasteiger partial charge in [-0.25, -0.2) is 9.26 Å². The van der Waals surface area contributed by atoms with Crippen molar-refractivity contribution in [1.29, 1.82) is 0 Å². The Kier molecular flexibility index (Phi) is 2.32. The highest BCUT2D eigenvalue weighted by Crippen LogP contribution is 2.30. The zero-order valence-corrected chi connectivity index (χ0v) is 9.64. The summed E-state index contributed by atoms with van der Waals surface area (Å²) >= 11 is 0. The average molecular weight is 289 g/mol. The van der Waals surface area contributed by atoms with Gasteiger partial charge in [0, 0.05) is 0 Å². The number of hydrogen-bond donors (Lipinski definition) is 1. The zero-order valence-electron chi connectivity index (χ0n) is 9.64. The lowest BCUT2D eigenvalue weighted by atomic mass is 10.4. The highest BCUT2D eigenvalue weighted by molar-refractivity contribution is 5.58. The number of aromatic nitrogens is 12. The van der Waals surface area contributed by atoms with Crippen LogP contribution in [0.25, 0.3) is 23.0 Å². The fourth-order valence-electron chi connectivity index (χ4n) is 1.36. The molecule has 0 amide bonds. The monoisotopic (exact) mass is 289 g/mol. The van der Waals surface area contributed by atoms with E-state index in [-0.39, 0.29) is 34.8 Å². The molecular weight excluding hydrogens is 288 g/mol. The Hall–Kier alpha value is -3.78. The summed E-state index contributed by atoms with van der Waals surface area (Å²) in [5.74, 6) is 0.0482. The summed E-state index contributed by atoms with van der Waals surface area (Å²) in [6, 6.07) is 0. The summed E-state index contributed by atoms with van der Waals surface area (Å²) in [5, 5.41) is 41.3. The van der Waals surface area contributed by atoms with Crippen molar-refractivity contribution in [3.8, 4) is 34.8 Å². The second-order valence-corrected chi connectivity index (χ2v) is 3.38. The molecular formula is C6HN12O3-. The van der Waals surface area contributed by atoms with E-state index < -0.39 is 0 Å². The normalized spacial score (nSPS) is 10.9. The number of nitrogens with zero attached hydrogens (tertiary/aromatic N) is 11. The molecule has 0 atom stereocenters. The van der Waals surface area contributed by atoms with Crippen LogP contribution in [0.1, 0.15) is 0 Å². The summed E-state index contributed by atoms with van der Waals surface area (Å²) in [6.45, 7) is 0. The minimum absolute atomic E-state index is 0.0687. The van der Waals surface area contributed by atoms with Crippen LogP contribution in [-0.4, -0.2) is 56.8 Å². The number of nitrogens with one attached hydrogen (secondary N) is 1. The molecule has 104 valence electrons. The lowest BCUT2D eigenvalue weighted by Crippen LogP contribution is -1.93. The number of ether oxygens (including phenoxy) is 1. The maximum atomic E-state index is 5.38. The van der Waals surface area contributed by atoms with E-state index in [0.717, 1.165) is 0 Å². The first kappa shape index (κ1) is 11.1. The number of tetrazole rings is 2. The van der Waals surface area contributed by atoms with Crippen molar-refractivity contribution < 1.29 is 14.0 Å². The Morgan fingerprint density at radius 1 is 0.952 bits per heavy atom. The first-order valence-electron chi connectivity index (χ1n) is 5.17. The molecule has 0 aliphatic carbocycles. The van der Waals surface area contributed by atoms with Crippen LogP contribution in [0.3, 0.4) is 0 Å². The topological polar surface area (TPSA) is 194 Å². The van der Waals surface area contributed by atoms with Gasteiger partial charge in [0.15, 0.2) is 5.69 Å². The van der Waals surface area contributed by atoms with Crippen LogP contribution >= 0.6 is 0 Å². The van der Waals surface area contributed by atoms with Crippen molar-refractivity contribution in [2.24, 2.45) is 0 Å². The average Bonchev–Trinajstić information content (AvgIpc) is 3.28. The third-order valence-corrected chi connectivity index (χ3v) is 2.20. The molecule has 15 heteroatoms. The summed E-state index contributed by atoms with van der Waals surface area (Å²) in [6.07, 6.45) is 0. The number of H-pyrrole nitrogens is 1. The molecule has 21 heavy (non-hydrogen) atoms. The van der Waals surface area contributed by atoms with E-state index in [1.807, 2.05) is 0 Å². The van der Waals surface area contributed by atoms with Gasteiger partial charge in [-0.05, 0) is 25.8 Å². The first-order valence-corrected chi connectivity index (χ1v) is 5.17. The van der Waals surface area contributed by atoms with E-state index in [1.54, 1.807) is 0 Å². The molecule has 4 rings (SSSR count). The first-order chi connectivity index (χ1) is 10.4. The third-order valence-electron chi connectivity index (χ3n) is 2.20. The number of hydrogen-bond acceptors (Lipinski definition) is 13. The maximum absolute atomic E-state index is 5.38. The Balaban J connectivity index is 1.69. The summed E-state index contributed by atoms with van der Waals surface area (Å²) in [4.78, 5) is 0. The molecule has 0 unspecified atom stereocenters. The molecule has 0 spiro atoms. The van der Waals surface area contributed by atoms with Gasteiger partial charge in [-0.3, -0.25) is 10.3 Å². The highest BCUT2D eigenvalue weighted by atomic mass is 16.6. The maximum Gasteiger partial charge on any atom is 0.294 e. The van der Waals surface area contributed by atoms with Crippen molar-refractivity contribution in [3.63, 3.8) is 0 Å². The Morgan fingerprint density at radius 2 is 1.76 bits per heavy atom. The van der Waals surface area contributed by atoms with Crippen molar-refractivity contribution in [2.45, 2.75) is 0 Å². The standard InChI is InChI=1S/C6HN12O3/c7-3(8-16-15-7)1-5(13-20-11-1)19-6-2(12-21-14-6)4-9-17-18-10-4/h(H-,7,8,9,10,15,16,17,18)/q-1. The van der Waals surface area contributed by atoms with Gasteiger partial charge in [0.2, 0.25) is 11.5 Å². The van der Waals surface area contributed by atoms with Gasteiger partial charge in [-0.2, -0.15) is 10.4 Å². The highest BCUT2D eigenvalue weighted by Gasteiger charge is 2.22. The lowest BCUT2D eigenvalue weighted by molar-refractivity contribution is 0.272. The van der Waals surface area contributed by atoms with E-state index in [9.17, 15) is 0 Å². The Labute approximate surface area is 112 Å². The van der Waals surface area contributed by atoms with Crippen molar-refractivity contribution in [1.82, 2.24) is 61.9 Å². The van der Waals surface area contributed by atoms with Gasteiger partial charge in [0.25, 0.3) is 11.8 Å². The van der Waals surface area contributed by atoms with Crippen molar-refractivity contribution in [3.05, 3.63) is 0 Å². The quantitative estimate of drug-likeness (QED) is 0.443. The van der Waals surface area contributed by atoms with Crippen molar-refractivity contribution >= 4 is 0 Å². The molecule has 4 heterocycles. The Morgan fingerprint density at radius 3 is 2.48 bits per heavy atom. The molecule has 0 aliphatic heterocycles. The minimum atomic E-state index is -0.0785. The van der Waals surface area contributed by atoms with E-state index in [1.165, 1.54) is 0 Å². The van der Waals surface area contributed by atoms with Gasteiger partial charge in [0.1, 0.15) is 0 Å². The zero-order chi connectivity index (χ0) is 14.1. The molecule has 0 aromatic carbocycles. The summed E-state index contributed by atoms with van der Waals surface area (Å²) in [5.41, 5.74) is 0.194. The van der Waals surface area contributed by atoms with Crippen LogP contribution in [0.4, 0.5) is 0 Å². The van der Waals surface area contributed by atoms with Crippen LogP contribution in [0, 0.1) is 0 Å². The molecule has 0 radical (unpaired) electrons. The lowest BCUT2D eigenvalue weighted by Gasteiger charge is -1.98. The smallest absolute Gasteiger partial charge is 0.294 e. The molecule has 0 bridgehead atoms.